The van der Waals surface area contributed by atoms with Crippen molar-refractivity contribution in [2.45, 2.75) is 6.10 Å². The fourth-order valence-corrected chi connectivity index (χ4v) is 2.42. The predicted octanol–water partition coefficient (Wildman–Crippen LogP) is 2.13. The van der Waals surface area contributed by atoms with Crippen molar-refractivity contribution < 1.29 is 14.2 Å². The summed E-state index contributed by atoms with van der Waals surface area (Å²) >= 11 is 3.47. The van der Waals surface area contributed by atoms with E-state index in [1.54, 1.807) is 14.2 Å². The van der Waals surface area contributed by atoms with Gasteiger partial charge >= 0.3 is 0 Å². The minimum atomic E-state index is 0.00472. The second kappa shape index (κ2) is 5.71. The van der Waals surface area contributed by atoms with Gasteiger partial charge in [0.15, 0.2) is 11.5 Å². The number of hydrogen-bond donors (Lipinski definition) is 1. The molecule has 1 saturated heterocycles. The summed E-state index contributed by atoms with van der Waals surface area (Å²) in [5.41, 5.74) is 1.01. The molecule has 1 atom stereocenters. The summed E-state index contributed by atoms with van der Waals surface area (Å²) in [6, 6.07) is 3.90. The Labute approximate surface area is 109 Å². The smallest absolute Gasteiger partial charge is 0.166 e. The van der Waals surface area contributed by atoms with Gasteiger partial charge in [0.25, 0.3) is 0 Å². The van der Waals surface area contributed by atoms with Crippen molar-refractivity contribution in [2.24, 2.45) is 0 Å². The Hall–Kier alpha value is -0.780. The first-order valence-corrected chi connectivity index (χ1v) is 6.29. The van der Waals surface area contributed by atoms with Crippen LogP contribution in [0.2, 0.25) is 0 Å². The SMILES string of the molecule is COc1cc(Br)cc(C2CNCCO2)c1OC. The van der Waals surface area contributed by atoms with Crippen LogP contribution in [0.1, 0.15) is 11.7 Å². The molecule has 0 amide bonds. The number of benzene rings is 1. The molecule has 5 heteroatoms. The zero-order valence-electron chi connectivity index (χ0n) is 9.96. The van der Waals surface area contributed by atoms with Gasteiger partial charge < -0.3 is 19.5 Å². The lowest BCUT2D eigenvalue weighted by Gasteiger charge is -2.26. The Bertz CT molecular complexity index is 392. The van der Waals surface area contributed by atoms with Gasteiger partial charge in [0.1, 0.15) is 0 Å². The summed E-state index contributed by atoms with van der Waals surface area (Å²) in [7, 11) is 3.28. The van der Waals surface area contributed by atoms with Crippen molar-refractivity contribution >= 4 is 15.9 Å². The largest absolute Gasteiger partial charge is 0.493 e. The number of morpholine rings is 1. The Kier molecular flexibility index (Phi) is 4.25. The molecular formula is C12H16BrNO3. The van der Waals surface area contributed by atoms with Crippen molar-refractivity contribution in [1.29, 1.82) is 0 Å². The highest BCUT2D eigenvalue weighted by Gasteiger charge is 2.22. The van der Waals surface area contributed by atoms with Gasteiger partial charge in [0.05, 0.1) is 26.9 Å². The summed E-state index contributed by atoms with van der Waals surface area (Å²) in [5.74, 6) is 1.45. The second-order valence-electron chi connectivity index (χ2n) is 3.79. The lowest BCUT2D eigenvalue weighted by molar-refractivity contribution is 0.0260. The molecule has 1 aromatic rings. The standard InChI is InChI=1S/C12H16BrNO3/c1-15-10-6-8(13)5-9(12(10)16-2)11-7-14-3-4-17-11/h5-6,11,14H,3-4,7H2,1-2H3. The molecule has 1 N–H and O–H groups in total. The number of nitrogens with one attached hydrogen (secondary N) is 1. The van der Waals surface area contributed by atoms with Crippen molar-refractivity contribution in [1.82, 2.24) is 5.32 Å². The van der Waals surface area contributed by atoms with Crippen molar-refractivity contribution in [3.63, 3.8) is 0 Å². The molecule has 0 spiro atoms. The fourth-order valence-electron chi connectivity index (χ4n) is 1.96. The zero-order valence-corrected chi connectivity index (χ0v) is 11.5. The third-order valence-corrected chi connectivity index (χ3v) is 3.20. The van der Waals surface area contributed by atoms with Crippen LogP contribution in [0.5, 0.6) is 11.5 Å². The maximum Gasteiger partial charge on any atom is 0.166 e. The van der Waals surface area contributed by atoms with Gasteiger partial charge in [-0.1, -0.05) is 15.9 Å². The minimum Gasteiger partial charge on any atom is -0.493 e. The summed E-state index contributed by atoms with van der Waals surface area (Å²) in [6.45, 7) is 2.39. The molecule has 1 aromatic carbocycles. The second-order valence-corrected chi connectivity index (χ2v) is 4.71. The maximum atomic E-state index is 5.74. The van der Waals surface area contributed by atoms with Crippen LogP contribution in [0, 0.1) is 0 Å². The van der Waals surface area contributed by atoms with Crippen molar-refractivity contribution in [3.05, 3.63) is 22.2 Å². The first kappa shape index (κ1) is 12.7. The van der Waals surface area contributed by atoms with E-state index in [1.807, 2.05) is 12.1 Å². The topological polar surface area (TPSA) is 39.7 Å². The van der Waals surface area contributed by atoms with Crippen LogP contribution in [0.3, 0.4) is 0 Å². The third kappa shape index (κ3) is 2.73. The average Bonchev–Trinajstić information content (AvgIpc) is 2.38. The molecule has 4 nitrogen and oxygen atoms in total. The molecule has 2 rings (SSSR count). The van der Waals surface area contributed by atoms with Crippen LogP contribution < -0.4 is 14.8 Å². The molecule has 0 aliphatic carbocycles. The molecule has 0 saturated carbocycles. The molecule has 1 heterocycles. The first-order valence-electron chi connectivity index (χ1n) is 5.50. The van der Waals surface area contributed by atoms with Crippen LogP contribution in [0.15, 0.2) is 16.6 Å². The maximum absolute atomic E-state index is 5.74. The van der Waals surface area contributed by atoms with Gasteiger partial charge in [-0.25, -0.2) is 0 Å². The van der Waals surface area contributed by atoms with Gasteiger partial charge in [-0.3, -0.25) is 0 Å². The number of rotatable bonds is 3. The van der Waals surface area contributed by atoms with E-state index in [2.05, 4.69) is 21.2 Å². The van der Waals surface area contributed by atoms with E-state index in [4.69, 9.17) is 14.2 Å². The third-order valence-electron chi connectivity index (χ3n) is 2.75. The minimum absolute atomic E-state index is 0.00472. The number of ether oxygens (including phenoxy) is 3. The Morgan fingerprint density at radius 3 is 2.76 bits per heavy atom. The number of methoxy groups -OCH3 is 2. The number of halogens is 1. The Morgan fingerprint density at radius 1 is 1.35 bits per heavy atom. The Balaban J connectivity index is 2.39. The highest BCUT2D eigenvalue weighted by molar-refractivity contribution is 9.10. The molecule has 0 bridgehead atoms. The van der Waals surface area contributed by atoms with E-state index in [-0.39, 0.29) is 6.10 Å². The molecule has 17 heavy (non-hydrogen) atoms. The van der Waals surface area contributed by atoms with Crippen LogP contribution >= 0.6 is 15.9 Å². The van der Waals surface area contributed by atoms with Crippen molar-refractivity contribution in [2.75, 3.05) is 33.9 Å². The van der Waals surface area contributed by atoms with Gasteiger partial charge in [0, 0.05) is 23.1 Å². The lowest BCUT2D eigenvalue weighted by Crippen LogP contribution is -2.33. The zero-order chi connectivity index (χ0) is 12.3. The first-order chi connectivity index (χ1) is 8.26. The van der Waals surface area contributed by atoms with E-state index in [0.29, 0.717) is 12.4 Å². The summed E-state index contributed by atoms with van der Waals surface area (Å²) in [5, 5.41) is 3.30. The van der Waals surface area contributed by atoms with E-state index in [1.165, 1.54) is 0 Å². The summed E-state index contributed by atoms with van der Waals surface area (Å²) in [6.07, 6.45) is 0.00472. The number of hydrogen-bond acceptors (Lipinski definition) is 4. The molecule has 1 aliphatic heterocycles. The Morgan fingerprint density at radius 2 is 2.18 bits per heavy atom. The average molecular weight is 302 g/mol. The van der Waals surface area contributed by atoms with E-state index in [0.717, 1.165) is 28.9 Å². The summed E-state index contributed by atoms with van der Waals surface area (Å²) < 4.78 is 17.4. The monoisotopic (exact) mass is 301 g/mol. The van der Waals surface area contributed by atoms with Crippen LogP contribution in [-0.4, -0.2) is 33.9 Å². The van der Waals surface area contributed by atoms with E-state index >= 15 is 0 Å². The lowest BCUT2D eigenvalue weighted by atomic mass is 10.1. The van der Waals surface area contributed by atoms with Gasteiger partial charge in [0.2, 0.25) is 0 Å². The van der Waals surface area contributed by atoms with Gasteiger partial charge in [-0.05, 0) is 12.1 Å². The molecule has 0 aromatic heterocycles. The molecular weight excluding hydrogens is 286 g/mol. The molecule has 94 valence electrons. The van der Waals surface area contributed by atoms with Crippen LogP contribution in [-0.2, 0) is 4.74 Å². The van der Waals surface area contributed by atoms with Crippen LogP contribution in [0.4, 0.5) is 0 Å². The molecule has 0 radical (unpaired) electrons. The summed E-state index contributed by atoms with van der Waals surface area (Å²) in [4.78, 5) is 0. The quantitative estimate of drug-likeness (QED) is 0.928. The molecule has 1 fully saturated rings. The van der Waals surface area contributed by atoms with Gasteiger partial charge in [-0.15, -0.1) is 0 Å². The van der Waals surface area contributed by atoms with Crippen molar-refractivity contribution in [3.8, 4) is 11.5 Å². The fraction of sp³-hybridized carbons (Fsp3) is 0.500. The molecule has 1 unspecified atom stereocenters. The van der Waals surface area contributed by atoms with E-state index < -0.39 is 0 Å². The van der Waals surface area contributed by atoms with Crippen LogP contribution in [0.25, 0.3) is 0 Å². The van der Waals surface area contributed by atoms with Gasteiger partial charge in [-0.2, -0.15) is 0 Å². The highest BCUT2D eigenvalue weighted by atomic mass is 79.9. The molecule has 1 aliphatic rings. The van der Waals surface area contributed by atoms with E-state index in [9.17, 15) is 0 Å². The normalized spacial score (nSPS) is 20.1. The highest BCUT2D eigenvalue weighted by Crippen LogP contribution is 2.39. The predicted molar refractivity (Wildman–Crippen MR) is 68.8 cm³/mol.